The number of imidazole rings is 1. The van der Waals surface area contributed by atoms with Crippen LogP contribution < -0.4 is 10.6 Å². The van der Waals surface area contributed by atoms with Crippen LogP contribution in [0, 0.1) is 0 Å². The number of rotatable bonds is 5. The van der Waals surface area contributed by atoms with Crippen molar-refractivity contribution in [2.24, 2.45) is 0 Å². The molecule has 0 aliphatic carbocycles. The summed E-state index contributed by atoms with van der Waals surface area (Å²) in [6.45, 7) is 3.99. The van der Waals surface area contributed by atoms with E-state index in [4.69, 9.17) is 0 Å². The van der Waals surface area contributed by atoms with E-state index in [1.54, 1.807) is 48.8 Å². The van der Waals surface area contributed by atoms with E-state index in [-0.39, 0.29) is 17.7 Å². The van der Waals surface area contributed by atoms with Crippen molar-refractivity contribution in [1.82, 2.24) is 15.0 Å². The van der Waals surface area contributed by atoms with Crippen LogP contribution in [0.5, 0.6) is 0 Å². The van der Waals surface area contributed by atoms with E-state index in [1.807, 2.05) is 13.8 Å². The number of H-pyrrole nitrogens is 1. The molecule has 0 saturated carbocycles. The Kier molecular flexibility index (Phi) is 5.07. The Labute approximate surface area is 150 Å². The number of aromatic nitrogens is 3. The summed E-state index contributed by atoms with van der Waals surface area (Å²) in [5.41, 5.74) is 2.05. The molecular formula is C19H19N5O2. The standard InChI is InChI=1S/C19H19N5O2/c1-12(2)17-21-11-16(24-17)19(26)23-15-5-3-4-14(10-15)22-18(25)13-6-8-20-9-7-13/h3-12H,1-2H3,(H,21,24)(H,22,25)(H,23,26). The van der Waals surface area contributed by atoms with Gasteiger partial charge in [0.15, 0.2) is 0 Å². The molecule has 1 aromatic carbocycles. The molecule has 0 saturated heterocycles. The molecule has 26 heavy (non-hydrogen) atoms. The highest BCUT2D eigenvalue weighted by Crippen LogP contribution is 2.17. The van der Waals surface area contributed by atoms with E-state index in [2.05, 4.69) is 25.6 Å². The summed E-state index contributed by atoms with van der Waals surface area (Å²) < 4.78 is 0. The van der Waals surface area contributed by atoms with Crippen molar-refractivity contribution < 1.29 is 9.59 Å². The van der Waals surface area contributed by atoms with Crippen LogP contribution in [0.15, 0.2) is 55.0 Å². The summed E-state index contributed by atoms with van der Waals surface area (Å²) in [5.74, 6) is 0.435. The SMILES string of the molecule is CC(C)c1ncc(C(=O)Nc2cccc(NC(=O)c3ccncc3)c2)[nH]1. The molecule has 3 rings (SSSR count). The largest absolute Gasteiger partial charge is 0.338 e. The molecule has 0 bridgehead atoms. The second kappa shape index (κ2) is 7.60. The van der Waals surface area contributed by atoms with Crippen LogP contribution in [-0.2, 0) is 0 Å². The first kappa shape index (κ1) is 17.3. The fourth-order valence-corrected chi connectivity index (χ4v) is 2.33. The van der Waals surface area contributed by atoms with Gasteiger partial charge < -0.3 is 15.6 Å². The Hall–Kier alpha value is -3.48. The molecule has 132 valence electrons. The van der Waals surface area contributed by atoms with Gasteiger partial charge in [-0.05, 0) is 30.3 Å². The van der Waals surface area contributed by atoms with Crippen molar-refractivity contribution in [2.45, 2.75) is 19.8 Å². The van der Waals surface area contributed by atoms with Crippen LogP contribution >= 0.6 is 0 Å². The molecule has 2 aromatic heterocycles. The van der Waals surface area contributed by atoms with Crippen molar-refractivity contribution in [2.75, 3.05) is 10.6 Å². The molecule has 0 atom stereocenters. The van der Waals surface area contributed by atoms with Crippen molar-refractivity contribution in [3.05, 3.63) is 72.1 Å². The Morgan fingerprint density at radius 2 is 1.65 bits per heavy atom. The van der Waals surface area contributed by atoms with E-state index in [0.717, 1.165) is 5.82 Å². The molecule has 3 aromatic rings. The molecule has 0 aliphatic heterocycles. The van der Waals surface area contributed by atoms with Crippen LogP contribution in [0.2, 0.25) is 0 Å². The first-order valence-electron chi connectivity index (χ1n) is 8.20. The summed E-state index contributed by atoms with van der Waals surface area (Å²) in [4.78, 5) is 35.6. The van der Waals surface area contributed by atoms with Gasteiger partial charge in [-0.3, -0.25) is 14.6 Å². The maximum atomic E-state index is 12.3. The second-order valence-electron chi connectivity index (χ2n) is 6.06. The minimum absolute atomic E-state index is 0.211. The molecule has 2 amide bonds. The maximum Gasteiger partial charge on any atom is 0.273 e. The summed E-state index contributed by atoms with van der Waals surface area (Å²) in [5, 5.41) is 5.58. The van der Waals surface area contributed by atoms with Gasteiger partial charge in [0.2, 0.25) is 0 Å². The predicted octanol–water partition coefficient (Wildman–Crippen LogP) is 3.43. The summed E-state index contributed by atoms with van der Waals surface area (Å²) in [7, 11) is 0. The molecule has 7 heteroatoms. The molecule has 0 aliphatic rings. The van der Waals surface area contributed by atoms with Gasteiger partial charge in [0.1, 0.15) is 11.5 Å². The third-order valence-corrected chi connectivity index (χ3v) is 3.71. The van der Waals surface area contributed by atoms with E-state index in [9.17, 15) is 9.59 Å². The number of nitrogens with one attached hydrogen (secondary N) is 3. The number of aromatic amines is 1. The van der Waals surface area contributed by atoms with Gasteiger partial charge >= 0.3 is 0 Å². The molecule has 0 radical (unpaired) electrons. The molecule has 2 heterocycles. The first-order valence-corrected chi connectivity index (χ1v) is 8.20. The molecule has 3 N–H and O–H groups in total. The van der Waals surface area contributed by atoms with Crippen LogP contribution in [0.3, 0.4) is 0 Å². The Morgan fingerprint density at radius 3 is 2.27 bits per heavy atom. The lowest BCUT2D eigenvalue weighted by atomic mass is 10.2. The van der Waals surface area contributed by atoms with Crippen molar-refractivity contribution in [3.63, 3.8) is 0 Å². The lowest BCUT2D eigenvalue weighted by molar-refractivity contribution is 0.101. The van der Waals surface area contributed by atoms with Gasteiger partial charge in [-0.25, -0.2) is 4.98 Å². The quantitative estimate of drug-likeness (QED) is 0.657. The Bertz CT molecular complexity index is 918. The Morgan fingerprint density at radius 1 is 1.00 bits per heavy atom. The first-order chi connectivity index (χ1) is 12.5. The second-order valence-corrected chi connectivity index (χ2v) is 6.06. The fourth-order valence-electron chi connectivity index (χ4n) is 2.33. The number of anilines is 2. The van der Waals surface area contributed by atoms with Crippen LogP contribution in [0.25, 0.3) is 0 Å². The number of carbonyl (C=O) groups excluding carboxylic acids is 2. The zero-order chi connectivity index (χ0) is 18.5. The average Bonchev–Trinajstić information content (AvgIpc) is 3.13. The number of hydrogen-bond acceptors (Lipinski definition) is 4. The van der Waals surface area contributed by atoms with Crippen LogP contribution in [-0.4, -0.2) is 26.8 Å². The fraction of sp³-hybridized carbons (Fsp3) is 0.158. The third kappa shape index (κ3) is 4.13. The highest BCUT2D eigenvalue weighted by Gasteiger charge is 2.12. The molecule has 0 unspecified atom stereocenters. The van der Waals surface area contributed by atoms with E-state index >= 15 is 0 Å². The molecule has 0 spiro atoms. The van der Waals surface area contributed by atoms with Gasteiger partial charge in [-0.2, -0.15) is 0 Å². The molecular weight excluding hydrogens is 330 g/mol. The van der Waals surface area contributed by atoms with Crippen molar-refractivity contribution in [1.29, 1.82) is 0 Å². The van der Waals surface area contributed by atoms with Gasteiger partial charge in [-0.1, -0.05) is 19.9 Å². The summed E-state index contributed by atoms with van der Waals surface area (Å²) in [6.07, 6.45) is 4.63. The van der Waals surface area contributed by atoms with Crippen molar-refractivity contribution >= 4 is 23.2 Å². The van der Waals surface area contributed by atoms with Gasteiger partial charge in [-0.15, -0.1) is 0 Å². The normalized spacial score (nSPS) is 10.6. The minimum Gasteiger partial charge on any atom is -0.338 e. The zero-order valence-electron chi connectivity index (χ0n) is 14.5. The summed E-state index contributed by atoms with van der Waals surface area (Å²) >= 11 is 0. The van der Waals surface area contributed by atoms with Crippen LogP contribution in [0.4, 0.5) is 11.4 Å². The van der Waals surface area contributed by atoms with E-state index < -0.39 is 0 Å². The van der Waals surface area contributed by atoms with E-state index in [1.165, 1.54) is 6.20 Å². The lowest BCUT2D eigenvalue weighted by Gasteiger charge is -2.08. The number of hydrogen-bond donors (Lipinski definition) is 3. The molecule has 0 fully saturated rings. The number of pyridine rings is 1. The van der Waals surface area contributed by atoms with Gasteiger partial charge in [0.05, 0.1) is 6.20 Å². The van der Waals surface area contributed by atoms with Gasteiger partial charge in [0, 0.05) is 35.2 Å². The highest BCUT2D eigenvalue weighted by molar-refractivity contribution is 6.05. The van der Waals surface area contributed by atoms with Crippen molar-refractivity contribution in [3.8, 4) is 0 Å². The topological polar surface area (TPSA) is 99.8 Å². The maximum absolute atomic E-state index is 12.3. The monoisotopic (exact) mass is 349 g/mol. The lowest BCUT2D eigenvalue weighted by Crippen LogP contribution is -2.14. The van der Waals surface area contributed by atoms with Crippen LogP contribution in [0.1, 0.15) is 46.4 Å². The van der Waals surface area contributed by atoms with E-state index in [0.29, 0.717) is 22.6 Å². The predicted molar refractivity (Wildman–Crippen MR) is 99.3 cm³/mol. The minimum atomic E-state index is -0.290. The Balaban J connectivity index is 1.69. The number of benzene rings is 1. The number of nitrogens with zero attached hydrogens (tertiary/aromatic N) is 2. The smallest absolute Gasteiger partial charge is 0.273 e. The molecule has 7 nitrogen and oxygen atoms in total. The average molecular weight is 349 g/mol. The van der Waals surface area contributed by atoms with Gasteiger partial charge in [0.25, 0.3) is 11.8 Å². The summed E-state index contributed by atoms with van der Waals surface area (Å²) in [6, 6.07) is 10.2. The number of carbonyl (C=O) groups is 2. The third-order valence-electron chi connectivity index (χ3n) is 3.71. The zero-order valence-corrected chi connectivity index (χ0v) is 14.5. The number of amides is 2. The highest BCUT2D eigenvalue weighted by atomic mass is 16.2.